The third-order valence-electron chi connectivity index (χ3n) is 4.68. The Hall–Kier alpha value is -2.31. The molecule has 0 radical (unpaired) electrons. The number of carbonyl (C=O) groups excluding carboxylic acids is 1. The molecule has 1 amide bonds. The molecule has 5 nitrogen and oxygen atoms in total. The Labute approximate surface area is 192 Å². The zero-order chi connectivity index (χ0) is 22.5. The van der Waals surface area contributed by atoms with Gasteiger partial charge in [0.25, 0.3) is 5.56 Å². The van der Waals surface area contributed by atoms with Crippen LogP contribution in [0.4, 0.5) is 0 Å². The summed E-state index contributed by atoms with van der Waals surface area (Å²) in [6.07, 6.45) is 0. The number of rotatable bonds is 8. The van der Waals surface area contributed by atoms with Crippen LogP contribution < -0.4 is 5.56 Å². The Bertz CT molecular complexity index is 1100. The predicted molar refractivity (Wildman–Crippen MR) is 129 cm³/mol. The lowest BCUT2D eigenvalue weighted by molar-refractivity contribution is -0.129. The highest BCUT2D eigenvalue weighted by Gasteiger charge is 2.19. The van der Waals surface area contributed by atoms with E-state index in [2.05, 4.69) is 27.7 Å². The molecule has 0 aliphatic rings. The van der Waals surface area contributed by atoms with Gasteiger partial charge in [-0.25, -0.2) is 4.98 Å². The maximum absolute atomic E-state index is 13.3. The lowest BCUT2D eigenvalue weighted by Gasteiger charge is -2.26. The Balaban J connectivity index is 1.97. The lowest BCUT2D eigenvalue weighted by Crippen LogP contribution is -2.38. The van der Waals surface area contributed by atoms with Crippen molar-refractivity contribution in [2.24, 2.45) is 11.8 Å². The molecule has 3 aromatic rings. The van der Waals surface area contributed by atoms with Crippen LogP contribution in [0, 0.1) is 11.8 Å². The summed E-state index contributed by atoms with van der Waals surface area (Å²) >= 11 is 7.33. The van der Waals surface area contributed by atoms with Gasteiger partial charge in [-0.05, 0) is 48.2 Å². The van der Waals surface area contributed by atoms with Crippen molar-refractivity contribution in [3.05, 3.63) is 63.9 Å². The zero-order valence-corrected chi connectivity index (χ0v) is 19.9. The number of fused-ring (bicyclic) bond motifs is 1. The molecule has 0 atom stereocenters. The topological polar surface area (TPSA) is 55.2 Å². The summed E-state index contributed by atoms with van der Waals surface area (Å²) in [5.74, 6) is 1.05. The molecule has 0 saturated carbocycles. The van der Waals surface area contributed by atoms with Gasteiger partial charge < -0.3 is 4.90 Å². The second-order valence-corrected chi connectivity index (χ2v) is 9.78. The van der Waals surface area contributed by atoms with E-state index in [1.54, 1.807) is 34.9 Å². The average molecular weight is 458 g/mol. The van der Waals surface area contributed by atoms with Gasteiger partial charge in [-0.1, -0.05) is 63.2 Å². The minimum atomic E-state index is -0.163. The molecule has 31 heavy (non-hydrogen) atoms. The molecule has 3 rings (SSSR count). The second kappa shape index (κ2) is 10.3. The van der Waals surface area contributed by atoms with E-state index in [1.807, 2.05) is 23.1 Å². The minimum absolute atomic E-state index is 0.0532. The predicted octanol–water partition coefficient (Wildman–Crippen LogP) is 5.27. The number of thioether (sulfide) groups is 1. The normalized spacial score (nSPS) is 11.5. The van der Waals surface area contributed by atoms with E-state index in [-0.39, 0.29) is 17.2 Å². The number of hydrogen-bond donors (Lipinski definition) is 0. The van der Waals surface area contributed by atoms with Crippen molar-refractivity contribution >= 4 is 40.2 Å². The van der Waals surface area contributed by atoms with Crippen molar-refractivity contribution < 1.29 is 4.79 Å². The van der Waals surface area contributed by atoms with Crippen molar-refractivity contribution in [2.45, 2.75) is 32.9 Å². The standard InChI is InChI=1S/C24H28ClN3O2S/c1-16(2)13-27(14-17(3)4)22(29)15-31-24-26-21-8-6-5-7-20(21)23(30)28(24)19-11-9-18(25)10-12-19/h5-12,16-17H,13-15H2,1-4H3. The molecule has 0 aliphatic heterocycles. The summed E-state index contributed by atoms with van der Waals surface area (Å²) in [6, 6.07) is 14.3. The van der Waals surface area contributed by atoms with Gasteiger partial charge in [0.2, 0.25) is 5.91 Å². The fourth-order valence-electron chi connectivity index (χ4n) is 3.40. The number of halogens is 1. The Kier molecular flexibility index (Phi) is 7.79. The number of para-hydroxylation sites is 1. The maximum Gasteiger partial charge on any atom is 0.266 e. The monoisotopic (exact) mass is 457 g/mol. The third-order valence-corrected chi connectivity index (χ3v) is 5.85. The molecule has 0 aliphatic carbocycles. The molecule has 0 saturated heterocycles. The van der Waals surface area contributed by atoms with Gasteiger partial charge in [0.1, 0.15) is 0 Å². The molecular weight excluding hydrogens is 430 g/mol. The van der Waals surface area contributed by atoms with Crippen LogP contribution in [0.5, 0.6) is 0 Å². The third kappa shape index (κ3) is 5.89. The van der Waals surface area contributed by atoms with Crippen LogP contribution in [0.1, 0.15) is 27.7 Å². The Morgan fingerprint density at radius 3 is 2.26 bits per heavy atom. The molecular formula is C24H28ClN3O2S. The van der Waals surface area contributed by atoms with E-state index < -0.39 is 0 Å². The number of amides is 1. The molecule has 1 heterocycles. The molecule has 2 aromatic carbocycles. The second-order valence-electron chi connectivity index (χ2n) is 8.40. The summed E-state index contributed by atoms with van der Waals surface area (Å²) in [4.78, 5) is 32.9. The van der Waals surface area contributed by atoms with Gasteiger partial charge >= 0.3 is 0 Å². The number of aromatic nitrogens is 2. The van der Waals surface area contributed by atoms with Crippen molar-refractivity contribution in [3.8, 4) is 5.69 Å². The Morgan fingerprint density at radius 1 is 1.03 bits per heavy atom. The van der Waals surface area contributed by atoms with Crippen molar-refractivity contribution in [3.63, 3.8) is 0 Å². The SMILES string of the molecule is CC(C)CN(CC(C)C)C(=O)CSc1nc2ccccc2c(=O)n1-c1ccc(Cl)cc1. The fraction of sp³-hybridized carbons (Fsp3) is 0.375. The minimum Gasteiger partial charge on any atom is -0.341 e. The van der Waals surface area contributed by atoms with Gasteiger partial charge in [0.15, 0.2) is 5.16 Å². The number of hydrogen-bond acceptors (Lipinski definition) is 4. The highest BCUT2D eigenvalue weighted by atomic mass is 35.5. The van der Waals surface area contributed by atoms with Crippen LogP contribution in [0.3, 0.4) is 0 Å². The molecule has 164 valence electrons. The Morgan fingerprint density at radius 2 is 1.65 bits per heavy atom. The molecule has 0 fully saturated rings. The first kappa shape index (κ1) is 23.4. The number of carbonyl (C=O) groups is 1. The van der Waals surface area contributed by atoms with Crippen molar-refractivity contribution in [2.75, 3.05) is 18.8 Å². The molecule has 7 heteroatoms. The van der Waals surface area contributed by atoms with Crippen LogP contribution >= 0.6 is 23.4 Å². The fourth-order valence-corrected chi connectivity index (χ4v) is 4.45. The van der Waals surface area contributed by atoms with Crippen LogP contribution in [-0.2, 0) is 4.79 Å². The van der Waals surface area contributed by atoms with E-state index in [4.69, 9.17) is 16.6 Å². The quantitative estimate of drug-likeness (QED) is 0.341. The first-order chi connectivity index (χ1) is 14.8. The molecule has 0 unspecified atom stereocenters. The van der Waals surface area contributed by atoms with Crippen LogP contribution in [0.2, 0.25) is 5.02 Å². The first-order valence-corrected chi connectivity index (χ1v) is 11.8. The molecule has 0 bridgehead atoms. The summed E-state index contributed by atoms with van der Waals surface area (Å²) in [5, 5.41) is 1.62. The number of nitrogens with zero attached hydrogens (tertiary/aromatic N) is 3. The molecule has 0 N–H and O–H groups in total. The highest BCUT2D eigenvalue weighted by molar-refractivity contribution is 7.99. The van der Waals surface area contributed by atoms with Gasteiger partial charge in [-0.2, -0.15) is 0 Å². The van der Waals surface area contributed by atoms with Gasteiger partial charge in [0, 0.05) is 18.1 Å². The average Bonchev–Trinajstić information content (AvgIpc) is 2.72. The first-order valence-electron chi connectivity index (χ1n) is 10.4. The van der Waals surface area contributed by atoms with Crippen molar-refractivity contribution in [1.82, 2.24) is 14.5 Å². The highest BCUT2D eigenvalue weighted by Crippen LogP contribution is 2.23. The van der Waals surface area contributed by atoms with Gasteiger partial charge in [-0.15, -0.1) is 0 Å². The van der Waals surface area contributed by atoms with E-state index in [1.165, 1.54) is 11.8 Å². The van der Waals surface area contributed by atoms with E-state index in [9.17, 15) is 9.59 Å². The van der Waals surface area contributed by atoms with Crippen LogP contribution in [0.25, 0.3) is 16.6 Å². The molecule has 1 aromatic heterocycles. The van der Waals surface area contributed by atoms with Crippen molar-refractivity contribution in [1.29, 1.82) is 0 Å². The zero-order valence-electron chi connectivity index (χ0n) is 18.3. The van der Waals surface area contributed by atoms with E-state index in [0.29, 0.717) is 51.7 Å². The van der Waals surface area contributed by atoms with Crippen LogP contribution in [-0.4, -0.2) is 39.2 Å². The number of benzene rings is 2. The summed E-state index contributed by atoms with van der Waals surface area (Å²) in [6.45, 7) is 9.86. The van der Waals surface area contributed by atoms with E-state index in [0.717, 1.165) is 0 Å². The van der Waals surface area contributed by atoms with E-state index >= 15 is 0 Å². The van der Waals surface area contributed by atoms with Gasteiger partial charge in [-0.3, -0.25) is 14.2 Å². The summed E-state index contributed by atoms with van der Waals surface area (Å²) in [7, 11) is 0. The maximum atomic E-state index is 13.3. The largest absolute Gasteiger partial charge is 0.341 e. The molecule has 0 spiro atoms. The smallest absolute Gasteiger partial charge is 0.266 e. The summed E-state index contributed by atoms with van der Waals surface area (Å²) in [5.41, 5.74) is 1.13. The summed E-state index contributed by atoms with van der Waals surface area (Å²) < 4.78 is 1.56. The van der Waals surface area contributed by atoms with Gasteiger partial charge in [0.05, 0.1) is 22.3 Å². The van der Waals surface area contributed by atoms with Crippen LogP contribution in [0.15, 0.2) is 58.5 Å². The lowest BCUT2D eigenvalue weighted by atomic mass is 10.1.